The molecule has 3 aliphatic rings. The Morgan fingerprint density at radius 3 is 2.81 bits per heavy atom. The van der Waals surface area contributed by atoms with Crippen LogP contribution in [0, 0.1) is 12.7 Å². The molecule has 0 radical (unpaired) electrons. The van der Waals surface area contributed by atoms with E-state index in [0.717, 1.165) is 30.5 Å². The lowest BCUT2D eigenvalue weighted by Gasteiger charge is -2.56. The molecule has 1 N–H and O–H groups in total. The lowest BCUT2D eigenvalue weighted by atomic mass is 9.87. The van der Waals surface area contributed by atoms with Gasteiger partial charge in [0.15, 0.2) is 5.16 Å². The average Bonchev–Trinajstić information content (AvgIpc) is 2.69. The van der Waals surface area contributed by atoms with Gasteiger partial charge >= 0.3 is 0 Å². The number of hydrogen-bond acceptors (Lipinski definition) is 6. The van der Waals surface area contributed by atoms with Crippen molar-refractivity contribution in [3.8, 4) is 0 Å². The van der Waals surface area contributed by atoms with E-state index in [4.69, 9.17) is 0 Å². The zero-order valence-electron chi connectivity index (χ0n) is 15.4. The minimum Gasteiger partial charge on any atom is -0.353 e. The van der Waals surface area contributed by atoms with Crippen LogP contribution in [0.3, 0.4) is 0 Å². The number of piperidine rings is 1. The van der Waals surface area contributed by atoms with Crippen molar-refractivity contribution in [1.82, 2.24) is 14.9 Å². The van der Waals surface area contributed by atoms with Crippen LogP contribution in [0.4, 0.5) is 15.9 Å². The van der Waals surface area contributed by atoms with Gasteiger partial charge < -0.3 is 10.2 Å². The highest BCUT2D eigenvalue weighted by Gasteiger charge is 2.45. The van der Waals surface area contributed by atoms with Gasteiger partial charge in [-0.25, -0.2) is 14.4 Å². The van der Waals surface area contributed by atoms with Crippen molar-refractivity contribution >= 4 is 29.2 Å². The van der Waals surface area contributed by atoms with Crippen LogP contribution in [0.5, 0.6) is 0 Å². The van der Waals surface area contributed by atoms with E-state index in [1.807, 2.05) is 12.3 Å². The highest BCUT2D eigenvalue weighted by molar-refractivity contribution is 7.98. The molecule has 2 atom stereocenters. The largest absolute Gasteiger partial charge is 0.353 e. The molecule has 6 nitrogen and oxygen atoms in total. The lowest BCUT2D eigenvalue weighted by Crippen LogP contribution is -2.69. The molecule has 4 heterocycles. The van der Waals surface area contributed by atoms with Crippen molar-refractivity contribution in [2.24, 2.45) is 0 Å². The molecule has 3 saturated heterocycles. The van der Waals surface area contributed by atoms with E-state index >= 15 is 0 Å². The van der Waals surface area contributed by atoms with Crippen molar-refractivity contribution < 1.29 is 9.18 Å². The van der Waals surface area contributed by atoms with Gasteiger partial charge in [-0.3, -0.25) is 9.69 Å². The number of nitrogens with one attached hydrogen (secondary N) is 1. The summed E-state index contributed by atoms with van der Waals surface area (Å²) in [6.45, 7) is 3.74. The highest BCUT2D eigenvalue weighted by atomic mass is 32.2. The number of rotatable bonds is 5. The van der Waals surface area contributed by atoms with E-state index in [1.165, 1.54) is 17.8 Å². The maximum absolute atomic E-state index is 13.6. The number of halogens is 1. The minimum absolute atomic E-state index is 0.104. The summed E-state index contributed by atoms with van der Waals surface area (Å²) in [6.07, 6.45) is 4.86. The third kappa shape index (κ3) is 3.77. The molecule has 1 aromatic carbocycles. The number of hydrogen-bond donors (Lipinski definition) is 1. The van der Waals surface area contributed by atoms with E-state index in [9.17, 15) is 9.18 Å². The van der Waals surface area contributed by atoms with Crippen LogP contribution >= 0.6 is 11.8 Å². The fraction of sp³-hybridized carbons (Fsp3) is 0.421. The highest BCUT2D eigenvalue weighted by Crippen LogP contribution is 2.34. The quantitative estimate of drug-likeness (QED) is 0.629. The predicted octanol–water partition coefficient (Wildman–Crippen LogP) is 2.55. The average molecular weight is 387 g/mol. The molecule has 0 aliphatic carbocycles. The fourth-order valence-corrected chi connectivity index (χ4v) is 4.13. The molecule has 5 rings (SSSR count). The molecule has 0 saturated carbocycles. The molecule has 2 aromatic rings. The summed E-state index contributed by atoms with van der Waals surface area (Å²) in [6, 6.07) is 7.39. The van der Waals surface area contributed by atoms with Crippen molar-refractivity contribution in [2.75, 3.05) is 36.1 Å². The van der Waals surface area contributed by atoms with Crippen molar-refractivity contribution in [3.63, 3.8) is 0 Å². The van der Waals surface area contributed by atoms with Gasteiger partial charge in [-0.05, 0) is 43.4 Å². The van der Waals surface area contributed by atoms with Gasteiger partial charge in [-0.15, -0.1) is 0 Å². The number of anilines is 2. The van der Waals surface area contributed by atoms with Crippen LogP contribution in [-0.2, 0) is 4.79 Å². The van der Waals surface area contributed by atoms with Crippen molar-refractivity contribution in [2.45, 2.75) is 30.6 Å². The Morgan fingerprint density at radius 1 is 1.33 bits per heavy atom. The van der Waals surface area contributed by atoms with Crippen LogP contribution in [-0.4, -0.2) is 58.7 Å². The summed E-state index contributed by atoms with van der Waals surface area (Å²) in [4.78, 5) is 25.7. The van der Waals surface area contributed by atoms with E-state index in [-0.39, 0.29) is 11.7 Å². The molecule has 3 fully saturated rings. The second kappa shape index (κ2) is 7.44. The van der Waals surface area contributed by atoms with Gasteiger partial charge in [0.05, 0.1) is 6.54 Å². The number of benzene rings is 1. The number of carbonyl (C=O) groups excluding carboxylic acids is 1. The number of carbonyl (C=O) groups is 1. The number of amides is 1. The SMILES string of the molecule is CSc1nccc(N2CC3CC(C2)N3CC(=O)Nc2ccc(C)c(F)c2)n1. The van der Waals surface area contributed by atoms with E-state index in [1.54, 1.807) is 25.3 Å². The second-order valence-electron chi connectivity index (χ2n) is 7.03. The molecule has 8 heteroatoms. The van der Waals surface area contributed by atoms with E-state index in [0.29, 0.717) is 29.9 Å². The van der Waals surface area contributed by atoms with Gasteiger partial charge in [0.1, 0.15) is 11.6 Å². The minimum atomic E-state index is -0.307. The first kappa shape index (κ1) is 18.2. The molecule has 2 bridgehead atoms. The first-order valence-electron chi connectivity index (χ1n) is 8.97. The van der Waals surface area contributed by atoms with Crippen LogP contribution in [0.2, 0.25) is 0 Å². The number of thioether (sulfide) groups is 1. The standard InChI is InChI=1S/C19H22FN5OS/c1-12-3-4-13(7-16(12)20)22-18(26)11-25-14-8-15(25)10-24(9-14)17-5-6-21-19(23-17)27-2/h3-7,14-15H,8-11H2,1-2H3,(H,22,26). The maximum atomic E-state index is 13.6. The number of aromatic nitrogens is 2. The molecule has 27 heavy (non-hydrogen) atoms. The Balaban J connectivity index is 1.34. The van der Waals surface area contributed by atoms with Gasteiger partial charge in [0.25, 0.3) is 0 Å². The smallest absolute Gasteiger partial charge is 0.238 e. The molecular weight excluding hydrogens is 365 g/mol. The monoisotopic (exact) mass is 387 g/mol. The number of fused-ring (bicyclic) bond motifs is 2. The van der Waals surface area contributed by atoms with Crippen molar-refractivity contribution in [3.05, 3.63) is 41.8 Å². The lowest BCUT2D eigenvalue weighted by molar-refractivity contribution is -0.121. The van der Waals surface area contributed by atoms with Crippen molar-refractivity contribution in [1.29, 1.82) is 0 Å². The Bertz CT molecular complexity index is 852. The van der Waals surface area contributed by atoms with Crippen LogP contribution in [0.1, 0.15) is 12.0 Å². The van der Waals surface area contributed by atoms with Crippen LogP contribution in [0.15, 0.2) is 35.6 Å². The van der Waals surface area contributed by atoms with Crippen LogP contribution in [0.25, 0.3) is 0 Å². The molecule has 142 valence electrons. The van der Waals surface area contributed by atoms with Gasteiger partial charge in [0, 0.05) is 37.1 Å². The molecule has 2 unspecified atom stereocenters. The summed E-state index contributed by atoms with van der Waals surface area (Å²) in [5, 5.41) is 3.57. The summed E-state index contributed by atoms with van der Waals surface area (Å²) in [5.74, 6) is 0.537. The number of piperazine rings is 1. The Hall–Kier alpha value is -2.19. The van der Waals surface area contributed by atoms with Gasteiger partial charge in [0.2, 0.25) is 5.91 Å². The Labute approximate surface area is 162 Å². The second-order valence-corrected chi connectivity index (χ2v) is 7.81. The number of aryl methyl sites for hydroxylation is 1. The normalized spacial score (nSPS) is 21.7. The van der Waals surface area contributed by atoms with Gasteiger partial charge in [-0.2, -0.15) is 0 Å². The molecule has 1 aromatic heterocycles. The van der Waals surface area contributed by atoms with E-state index in [2.05, 4.69) is 25.1 Å². The zero-order chi connectivity index (χ0) is 19.0. The third-order valence-electron chi connectivity index (χ3n) is 5.25. The van der Waals surface area contributed by atoms with Gasteiger partial charge in [-0.1, -0.05) is 17.8 Å². The first-order valence-corrected chi connectivity index (χ1v) is 10.2. The topological polar surface area (TPSA) is 61.4 Å². The maximum Gasteiger partial charge on any atom is 0.238 e. The summed E-state index contributed by atoms with van der Waals surface area (Å²) < 4.78 is 13.6. The number of nitrogens with zero attached hydrogens (tertiary/aromatic N) is 4. The summed E-state index contributed by atoms with van der Waals surface area (Å²) >= 11 is 1.53. The Morgan fingerprint density at radius 2 is 2.11 bits per heavy atom. The van der Waals surface area contributed by atoms with Crippen LogP contribution < -0.4 is 10.2 Å². The van der Waals surface area contributed by atoms with E-state index < -0.39 is 0 Å². The predicted molar refractivity (Wildman–Crippen MR) is 105 cm³/mol. The third-order valence-corrected chi connectivity index (χ3v) is 5.81. The summed E-state index contributed by atoms with van der Waals surface area (Å²) in [7, 11) is 0. The molecule has 0 spiro atoms. The first-order chi connectivity index (χ1) is 13.0. The Kier molecular flexibility index (Phi) is 5.01. The molecular formula is C19H22FN5OS. The summed E-state index contributed by atoms with van der Waals surface area (Å²) in [5.41, 5.74) is 1.07. The molecule has 1 amide bonds. The molecule has 3 aliphatic heterocycles. The zero-order valence-corrected chi connectivity index (χ0v) is 16.2. The fourth-order valence-electron chi connectivity index (χ4n) is 3.78.